The second-order valence-corrected chi connectivity index (χ2v) is 9.04. The zero-order valence-corrected chi connectivity index (χ0v) is 22.6. The number of nitrogens with one attached hydrogen (secondary N) is 1. The smallest absolute Gasteiger partial charge is 0.158 e. The lowest BCUT2D eigenvalue weighted by molar-refractivity contribution is -0.124. The fourth-order valence-corrected chi connectivity index (χ4v) is 3.84. The van der Waals surface area contributed by atoms with E-state index in [1.165, 1.54) is 0 Å². The number of rotatable bonds is 17. The van der Waals surface area contributed by atoms with Crippen molar-refractivity contribution < 1.29 is 14.3 Å². The lowest BCUT2D eigenvalue weighted by atomic mass is 10.1. The van der Waals surface area contributed by atoms with Crippen molar-refractivity contribution in [1.82, 2.24) is 9.88 Å². The van der Waals surface area contributed by atoms with Gasteiger partial charge in [-0.3, -0.25) is 4.79 Å². The zero-order valence-electron chi connectivity index (χ0n) is 22.6. The number of hydrogen-bond acceptors (Lipinski definition) is 5. The van der Waals surface area contributed by atoms with Crippen LogP contribution in [0.2, 0.25) is 0 Å². The van der Waals surface area contributed by atoms with Crippen LogP contribution in [0.3, 0.4) is 0 Å². The van der Waals surface area contributed by atoms with Crippen LogP contribution in [0.4, 0.5) is 0 Å². The fraction of sp³-hybridized carbons (Fsp3) is 0.517. The molecule has 0 spiro atoms. The van der Waals surface area contributed by atoms with E-state index in [0.29, 0.717) is 31.8 Å². The predicted molar refractivity (Wildman–Crippen MR) is 148 cm³/mol. The van der Waals surface area contributed by atoms with Gasteiger partial charge in [0.25, 0.3) is 0 Å². The average Bonchev–Trinajstić information content (AvgIpc) is 3.24. The molecule has 0 aliphatic rings. The van der Waals surface area contributed by atoms with Crippen LogP contribution in [0.5, 0.6) is 5.75 Å². The van der Waals surface area contributed by atoms with Crippen molar-refractivity contribution in [3.63, 3.8) is 0 Å². The van der Waals surface area contributed by atoms with Crippen LogP contribution in [0.1, 0.15) is 76.8 Å². The largest absolute Gasteiger partial charge is 0.496 e. The maximum atomic E-state index is 11.9. The van der Waals surface area contributed by atoms with E-state index in [2.05, 4.69) is 35.3 Å². The summed E-state index contributed by atoms with van der Waals surface area (Å²) >= 11 is 0. The third-order valence-corrected chi connectivity index (χ3v) is 5.99. The summed E-state index contributed by atoms with van der Waals surface area (Å²) in [6.45, 7) is 12.4. The molecule has 7 heteroatoms. The number of nitrogens with two attached hydrogens (primary N) is 1. The normalized spacial score (nSPS) is 12.5. The number of carbonyl (C=O) groups is 1. The van der Waals surface area contributed by atoms with Crippen molar-refractivity contribution in [3.8, 4) is 5.75 Å². The Balaban J connectivity index is 2.26. The van der Waals surface area contributed by atoms with E-state index in [1.54, 1.807) is 7.11 Å². The fourth-order valence-electron chi connectivity index (χ4n) is 3.84. The van der Waals surface area contributed by atoms with E-state index in [0.717, 1.165) is 71.9 Å². The summed E-state index contributed by atoms with van der Waals surface area (Å²) < 4.78 is 13.5. The number of ether oxygens (including phenoxy) is 2. The minimum atomic E-state index is 0.145. The first kappa shape index (κ1) is 29.2. The molecule has 0 radical (unpaired) electrons. The quantitative estimate of drug-likeness (QED) is 0.197. The van der Waals surface area contributed by atoms with Crippen LogP contribution in [-0.4, -0.2) is 36.4 Å². The number of aliphatic imine (C=N–C) groups is 1. The molecule has 0 fully saturated rings. The number of carbonyl (C=O) groups excluding carboxylic acids is 1. The van der Waals surface area contributed by atoms with Crippen molar-refractivity contribution in [2.45, 2.75) is 78.9 Å². The molecule has 198 valence electrons. The number of hydrogen-bond donors (Lipinski definition) is 2. The molecule has 1 aromatic carbocycles. The number of benzene rings is 1. The Hall–Kier alpha value is -3.06. The molecule has 0 aliphatic carbocycles. The first-order valence-corrected chi connectivity index (χ1v) is 13.1. The van der Waals surface area contributed by atoms with Gasteiger partial charge < -0.3 is 25.1 Å². The molecule has 0 aliphatic heterocycles. The molecule has 0 amide bonds. The summed E-state index contributed by atoms with van der Waals surface area (Å²) in [7, 11) is 1.67. The van der Waals surface area contributed by atoms with Gasteiger partial charge in [0.15, 0.2) is 11.6 Å². The minimum Gasteiger partial charge on any atom is -0.496 e. The number of ketones is 1. The summed E-state index contributed by atoms with van der Waals surface area (Å²) in [6, 6.07) is 8.02. The molecule has 7 nitrogen and oxygen atoms in total. The Morgan fingerprint density at radius 1 is 1.14 bits per heavy atom. The van der Waals surface area contributed by atoms with Gasteiger partial charge in [-0.05, 0) is 35.8 Å². The summed E-state index contributed by atoms with van der Waals surface area (Å²) in [5.41, 5.74) is 8.10. The van der Waals surface area contributed by atoms with Crippen molar-refractivity contribution >= 4 is 24.0 Å². The highest BCUT2D eigenvalue weighted by Gasteiger charge is 2.10. The maximum absolute atomic E-state index is 11.9. The van der Waals surface area contributed by atoms with Gasteiger partial charge in [0, 0.05) is 31.1 Å². The molecular weight excluding hydrogens is 452 g/mol. The molecule has 3 N–H and O–H groups in total. The van der Waals surface area contributed by atoms with Crippen molar-refractivity contribution in [2.24, 2.45) is 10.7 Å². The van der Waals surface area contributed by atoms with E-state index in [1.807, 2.05) is 37.4 Å². The van der Waals surface area contributed by atoms with Crippen LogP contribution >= 0.6 is 0 Å². The van der Waals surface area contributed by atoms with Gasteiger partial charge in [-0.15, -0.1) is 0 Å². The van der Waals surface area contributed by atoms with Crippen LogP contribution in [0.25, 0.3) is 12.4 Å². The summed E-state index contributed by atoms with van der Waals surface area (Å²) in [4.78, 5) is 16.5. The van der Waals surface area contributed by atoms with E-state index in [4.69, 9.17) is 15.2 Å². The lowest BCUT2D eigenvalue weighted by Crippen LogP contribution is -2.36. The minimum absolute atomic E-state index is 0.145. The van der Waals surface area contributed by atoms with Gasteiger partial charge in [-0.25, -0.2) is 4.99 Å². The Morgan fingerprint density at radius 2 is 1.92 bits per heavy atom. The number of Topliss-reactive ketones (excluding diaryl/α,β-unsaturated/α-hetero) is 1. The van der Waals surface area contributed by atoms with E-state index >= 15 is 0 Å². The molecule has 0 saturated heterocycles. The second-order valence-electron chi connectivity index (χ2n) is 9.04. The zero-order chi connectivity index (χ0) is 26.3. The third kappa shape index (κ3) is 9.19. The molecular formula is C29H44N4O3. The number of unbranched alkanes of at least 4 members (excludes halogenated alkanes) is 3. The SMILES string of the molecule is C=c1ccn(Cc2ccc(COCC(=O)CCCC)cc2OC)/c1=C(/N=C(/N)CC)NCCCCC. The van der Waals surface area contributed by atoms with E-state index in [-0.39, 0.29) is 12.4 Å². The Morgan fingerprint density at radius 3 is 2.61 bits per heavy atom. The number of nitrogens with zero attached hydrogens (tertiary/aromatic N) is 2. The topological polar surface area (TPSA) is 90.9 Å². The van der Waals surface area contributed by atoms with Crippen LogP contribution in [0.15, 0.2) is 35.5 Å². The number of amidine groups is 1. The first-order valence-electron chi connectivity index (χ1n) is 13.1. The molecule has 0 atom stereocenters. The Bertz CT molecular complexity index is 1100. The summed E-state index contributed by atoms with van der Waals surface area (Å²) in [5.74, 6) is 2.24. The first-order chi connectivity index (χ1) is 17.4. The van der Waals surface area contributed by atoms with Gasteiger partial charge in [0.05, 0.1) is 25.6 Å². The third-order valence-electron chi connectivity index (χ3n) is 5.99. The summed E-state index contributed by atoms with van der Waals surface area (Å²) in [6.07, 6.45) is 8.57. The van der Waals surface area contributed by atoms with Gasteiger partial charge in [0.1, 0.15) is 18.2 Å². The van der Waals surface area contributed by atoms with E-state index in [9.17, 15) is 4.79 Å². The molecule has 0 unspecified atom stereocenters. The highest BCUT2D eigenvalue weighted by Crippen LogP contribution is 2.21. The molecule has 36 heavy (non-hydrogen) atoms. The molecule has 0 saturated carbocycles. The van der Waals surface area contributed by atoms with Gasteiger partial charge in [-0.2, -0.15) is 0 Å². The second kappa shape index (κ2) is 15.8. The van der Waals surface area contributed by atoms with Gasteiger partial charge >= 0.3 is 0 Å². The average molecular weight is 497 g/mol. The highest BCUT2D eigenvalue weighted by molar-refractivity contribution is 5.83. The van der Waals surface area contributed by atoms with Gasteiger partial charge in [-0.1, -0.05) is 58.7 Å². The van der Waals surface area contributed by atoms with Crippen LogP contribution in [0, 0.1) is 0 Å². The molecule has 1 aromatic heterocycles. The molecule has 2 rings (SSSR count). The Labute approximate surface area is 216 Å². The molecule has 0 bridgehead atoms. The van der Waals surface area contributed by atoms with Crippen LogP contribution < -0.4 is 26.4 Å². The highest BCUT2D eigenvalue weighted by atomic mass is 16.5. The standard InChI is InChI=1S/C29H44N4O3/c1-6-9-11-16-31-29(32-27(30)8-3)28-22(4)15-17-33(28)19-24-14-13-23(18-26(24)35-5)20-36-21-25(34)12-10-7-2/h13-15,17-18,31H,4,6-12,16,19-21H2,1-3,5H3,(H2,30,32)/b29-28+. The van der Waals surface area contributed by atoms with E-state index < -0.39 is 0 Å². The van der Waals surface area contributed by atoms with Crippen molar-refractivity contribution in [2.75, 3.05) is 20.3 Å². The number of aromatic nitrogens is 1. The van der Waals surface area contributed by atoms with Gasteiger partial charge in [0.2, 0.25) is 0 Å². The lowest BCUT2D eigenvalue weighted by Gasteiger charge is -2.14. The molecule has 1 heterocycles. The monoisotopic (exact) mass is 496 g/mol. The van der Waals surface area contributed by atoms with Crippen molar-refractivity contribution in [3.05, 3.63) is 52.2 Å². The number of methoxy groups -OCH3 is 1. The van der Waals surface area contributed by atoms with Crippen LogP contribution in [-0.2, 0) is 22.7 Å². The maximum Gasteiger partial charge on any atom is 0.158 e. The van der Waals surface area contributed by atoms with Crippen molar-refractivity contribution in [1.29, 1.82) is 0 Å². The predicted octanol–water partition coefficient (Wildman–Crippen LogP) is 3.84. The summed E-state index contributed by atoms with van der Waals surface area (Å²) in [5, 5.41) is 5.29. The molecule has 2 aromatic rings. The Kier molecular flexibility index (Phi) is 12.8.